The lowest BCUT2D eigenvalue weighted by atomic mass is 9.87. The van der Waals surface area contributed by atoms with Gasteiger partial charge in [-0.2, -0.15) is 0 Å². The first kappa shape index (κ1) is 59.7. The van der Waals surface area contributed by atoms with E-state index >= 15 is 0 Å². The summed E-state index contributed by atoms with van der Waals surface area (Å²) in [6, 6.07) is 12.8. The number of benzene rings is 1. The average Bonchev–Trinajstić information content (AvgIpc) is 4.19. The molecule has 0 spiro atoms. The van der Waals surface area contributed by atoms with E-state index in [9.17, 15) is 14.4 Å². The first-order valence-corrected chi connectivity index (χ1v) is 34.4. The minimum atomic E-state index is -2.25. The van der Waals surface area contributed by atoms with Gasteiger partial charge in [-0.1, -0.05) is 131 Å². The molecule has 1 aromatic rings. The Labute approximate surface area is 422 Å². The molecule has 1 aromatic carbocycles. The summed E-state index contributed by atoms with van der Waals surface area (Å²) in [5.74, 6) is 0.667. The Hall–Kier alpha value is -3.56. The zero-order chi connectivity index (χ0) is 51.3. The third-order valence-corrected chi connectivity index (χ3v) is 29.5. The highest BCUT2D eigenvalue weighted by Crippen LogP contribution is 2.51. The van der Waals surface area contributed by atoms with Crippen molar-refractivity contribution in [3.05, 3.63) is 90.6 Å². The predicted octanol–water partition coefficient (Wildman–Crippen LogP) is 15.3. The standard InChI is InChI=1S/C57H93NO8Si3/c1-15-26-29-38-51(63-56(61)57(39-40-57)55(60)46-34-30-28-31-35-46)45(13)53(65-68(20-6,21-7)22-8)44(12)33-32-36-47-41-49(64-67(17-3,18-4)19-5)42-50(54(47)66-69(23-9,24-10)25-11)58-52(59)43-48(62-14)37-27-16-2/h15-16,26-27,29,33-34,37,41-42,45,48,51,53H,1-2,17-25,28,30-32,35-36,38-40,43H2,3-14H3,(H,58,59)/b29-26+,37-27+,44-33-/t45-,48-,51-,53-/m0/s1. The third-order valence-electron chi connectivity index (χ3n) is 15.8. The first-order chi connectivity index (χ1) is 33.1. The van der Waals surface area contributed by atoms with Gasteiger partial charge < -0.3 is 28.1 Å². The second-order valence-corrected chi connectivity index (χ2v) is 33.8. The van der Waals surface area contributed by atoms with E-state index in [0.717, 1.165) is 108 Å². The number of aryl methyl sites for hydroxylation is 1. The summed E-state index contributed by atoms with van der Waals surface area (Å²) in [6.07, 6.45) is 20.7. The third kappa shape index (κ3) is 16.2. The fourth-order valence-electron chi connectivity index (χ4n) is 9.91. The number of nitrogens with one attached hydrogen (secondary N) is 1. The van der Waals surface area contributed by atoms with Gasteiger partial charge in [0.1, 0.15) is 23.0 Å². The van der Waals surface area contributed by atoms with E-state index in [4.69, 9.17) is 22.8 Å². The van der Waals surface area contributed by atoms with Crippen molar-refractivity contribution in [3.63, 3.8) is 0 Å². The molecule has 0 unspecified atom stereocenters. The number of esters is 1. The fraction of sp³-hybridized carbons (Fsp3) is 0.632. The van der Waals surface area contributed by atoms with E-state index in [1.54, 1.807) is 25.3 Å². The van der Waals surface area contributed by atoms with Gasteiger partial charge in [-0.15, -0.1) is 0 Å². The molecular formula is C57H93NO8Si3. The highest BCUT2D eigenvalue weighted by Gasteiger charge is 2.59. The smallest absolute Gasteiger partial charge is 0.320 e. The molecule has 0 saturated heterocycles. The van der Waals surface area contributed by atoms with Crippen molar-refractivity contribution in [2.24, 2.45) is 11.3 Å². The average molecular weight is 1000 g/mol. The number of hydrogen-bond acceptors (Lipinski definition) is 8. The number of carbonyl (C=O) groups is 3. The van der Waals surface area contributed by atoms with Crippen LogP contribution in [0.4, 0.5) is 5.69 Å². The molecule has 2 aliphatic rings. The van der Waals surface area contributed by atoms with Crippen LogP contribution in [0.2, 0.25) is 54.4 Å². The Bertz CT molecular complexity index is 1930. The second-order valence-electron chi connectivity index (χ2n) is 19.7. The number of rotatable bonds is 34. The molecule has 3 rings (SSSR count). The number of ketones is 1. The summed E-state index contributed by atoms with van der Waals surface area (Å²) in [6.45, 7) is 32.1. The van der Waals surface area contributed by atoms with Gasteiger partial charge in [-0.05, 0) is 135 Å². The van der Waals surface area contributed by atoms with E-state index in [-0.39, 0.29) is 30.1 Å². The van der Waals surface area contributed by atoms with E-state index < -0.39 is 48.5 Å². The monoisotopic (exact) mass is 1000 g/mol. The van der Waals surface area contributed by atoms with Crippen molar-refractivity contribution in [1.29, 1.82) is 0 Å². The fourth-order valence-corrected chi connectivity index (χ4v) is 18.0. The van der Waals surface area contributed by atoms with E-state index in [2.05, 4.69) is 107 Å². The number of hydrogen-bond donors (Lipinski definition) is 1. The van der Waals surface area contributed by atoms with Crippen LogP contribution >= 0.6 is 0 Å². The van der Waals surface area contributed by atoms with Crippen LogP contribution in [-0.4, -0.2) is 68.0 Å². The van der Waals surface area contributed by atoms with Crippen LogP contribution in [-0.2, 0) is 34.7 Å². The lowest BCUT2D eigenvalue weighted by Gasteiger charge is -2.39. The van der Waals surface area contributed by atoms with E-state index in [0.29, 0.717) is 37.8 Å². The van der Waals surface area contributed by atoms with Crippen molar-refractivity contribution < 1.29 is 37.1 Å². The number of methoxy groups -OCH3 is 1. The summed E-state index contributed by atoms with van der Waals surface area (Å²) < 4.78 is 34.1. The molecule has 0 bridgehead atoms. The Balaban J connectivity index is 2.18. The highest BCUT2D eigenvalue weighted by molar-refractivity contribution is 6.75. The molecule has 386 valence electrons. The lowest BCUT2D eigenvalue weighted by molar-refractivity contribution is -0.161. The number of ether oxygens (including phenoxy) is 2. The number of anilines is 1. The lowest BCUT2D eigenvalue weighted by Crippen LogP contribution is -2.46. The molecule has 0 aliphatic heterocycles. The van der Waals surface area contributed by atoms with Crippen LogP contribution in [0.25, 0.3) is 0 Å². The second kappa shape index (κ2) is 29.1. The Morgan fingerprint density at radius 3 is 1.93 bits per heavy atom. The summed E-state index contributed by atoms with van der Waals surface area (Å²) in [7, 11) is -4.96. The minimum absolute atomic E-state index is 0.0392. The molecular weight excluding hydrogens is 911 g/mol. The van der Waals surface area contributed by atoms with Gasteiger partial charge in [-0.25, -0.2) is 0 Å². The van der Waals surface area contributed by atoms with Gasteiger partial charge >= 0.3 is 5.97 Å². The molecule has 2 aliphatic carbocycles. The number of Topliss-reactive ketones (excluding diaryl/α,β-unsaturated/α-hetero) is 1. The molecule has 0 heterocycles. The van der Waals surface area contributed by atoms with Gasteiger partial charge in [0.2, 0.25) is 14.2 Å². The van der Waals surface area contributed by atoms with E-state index in [1.807, 2.05) is 30.4 Å². The van der Waals surface area contributed by atoms with Gasteiger partial charge in [0.15, 0.2) is 14.1 Å². The largest absolute Gasteiger partial charge is 0.543 e. The molecule has 69 heavy (non-hydrogen) atoms. The zero-order valence-electron chi connectivity index (χ0n) is 45.2. The number of carbonyl (C=O) groups excluding carboxylic acids is 3. The molecule has 1 saturated carbocycles. The Kier molecular flexibility index (Phi) is 25.2. The molecule has 12 heteroatoms. The molecule has 9 nitrogen and oxygen atoms in total. The number of amides is 1. The topological polar surface area (TPSA) is 109 Å². The summed E-state index contributed by atoms with van der Waals surface area (Å²) in [5, 5.41) is 3.28. The molecule has 0 radical (unpaired) electrons. The van der Waals surface area contributed by atoms with Crippen LogP contribution in [0.5, 0.6) is 11.5 Å². The molecule has 4 atom stereocenters. The van der Waals surface area contributed by atoms with Crippen LogP contribution in [0.15, 0.2) is 85.0 Å². The molecule has 0 aromatic heterocycles. The maximum Gasteiger partial charge on any atom is 0.320 e. The van der Waals surface area contributed by atoms with Gasteiger partial charge in [0.05, 0.1) is 24.3 Å². The first-order valence-electron chi connectivity index (χ1n) is 26.8. The van der Waals surface area contributed by atoms with Crippen molar-refractivity contribution in [1.82, 2.24) is 0 Å². The van der Waals surface area contributed by atoms with Crippen LogP contribution in [0.3, 0.4) is 0 Å². The van der Waals surface area contributed by atoms with Crippen LogP contribution in [0, 0.1) is 11.3 Å². The van der Waals surface area contributed by atoms with Gasteiger partial charge in [-0.3, -0.25) is 14.4 Å². The van der Waals surface area contributed by atoms with Gasteiger partial charge in [0.25, 0.3) is 8.32 Å². The highest BCUT2D eigenvalue weighted by atomic mass is 28.4. The summed E-state index contributed by atoms with van der Waals surface area (Å²) in [4.78, 5) is 42.1. The normalized spacial score (nSPS) is 17.2. The van der Waals surface area contributed by atoms with Gasteiger partial charge in [0, 0.05) is 25.5 Å². The number of allylic oxidation sites excluding steroid dienone is 7. The van der Waals surface area contributed by atoms with E-state index in [1.165, 1.54) is 0 Å². The molecule has 1 amide bonds. The maximum atomic E-state index is 14.3. The summed E-state index contributed by atoms with van der Waals surface area (Å²) in [5.41, 5.74) is 2.44. The Morgan fingerprint density at radius 2 is 1.41 bits per heavy atom. The van der Waals surface area contributed by atoms with Crippen molar-refractivity contribution in [3.8, 4) is 11.5 Å². The molecule has 1 N–H and O–H groups in total. The maximum absolute atomic E-state index is 14.3. The van der Waals surface area contributed by atoms with Crippen LogP contribution in [0.1, 0.15) is 140 Å². The zero-order valence-corrected chi connectivity index (χ0v) is 48.2. The predicted molar refractivity (Wildman–Crippen MR) is 296 cm³/mol. The van der Waals surface area contributed by atoms with Crippen molar-refractivity contribution in [2.75, 3.05) is 12.4 Å². The van der Waals surface area contributed by atoms with Crippen LogP contribution < -0.4 is 14.2 Å². The minimum Gasteiger partial charge on any atom is -0.543 e. The quantitative estimate of drug-likeness (QED) is 0.0239. The SMILES string of the molecule is C=C/C=C/C[C@H](OC(=O)C1(C(=O)C2=CCCCC2)CC1)[C@H](C)[C@@H](O[Si](CC)(CC)CC)/C(C)=C\CCc1cc(O[Si](CC)(CC)CC)cc(NC(=O)C[C@H](/C=C/C=C)OC)c1O[Si](CC)(CC)CC. The van der Waals surface area contributed by atoms with Crippen molar-refractivity contribution in [2.45, 2.75) is 213 Å². The summed E-state index contributed by atoms with van der Waals surface area (Å²) >= 11 is 0. The molecule has 1 fully saturated rings. The Morgan fingerprint density at radius 1 is 0.812 bits per heavy atom. The van der Waals surface area contributed by atoms with Crippen molar-refractivity contribution >= 4 is 48.3 Å².